The second-order valence-electron chi connectivity index (χ2n) is 6.95. The van der Waals surface area contributed by atoms with Gasteiger partial charge in [0.25, 0.3) is 5.91 Å². The minimum Gasteiger partial charge on any atom is -0.385 e. The predicted molar refractivity (Wildman–Crippen MR) is 94.1 cm³/mol. The largest absolute Gasteiger partial charge is 0.385 e. The van der Waals surface area contributed by atoms with Crippen LogP contribution in [0.25, 0.3) is 0 Å². The summed E-state index contributed by atoms with van der Waals surface area (Å²) in [5.74, 6) is -0.645. The van der Waals surface area contributed by atoms with Crippen LogP contribution in [0.15, 0.2) is 12.1 Å². The first-order valence-electron chi connectivity index (χ1n) is 8.68. The molecule has 0 radical (unpaired) electrons. The molecule has 2 atom stereocenters. The average Bonchev–Trinajstić information content (AvgIpc) is 2.92. The van der Waals surface area contributed by atoms with Gasteiger partial charge >= 0.3 is 0 Å². The Morgan fingerprint density at radius 3 is 2.96 bits per heavy atom. The molecule has 1 aromatic carbocycles. The molecule has 0 fully saturated rings. The molecule has 5 N–H and O–H groups in total. The number of rotatable bonds is 1. The number of nitrogens with two attached hydrogens (primary N) is 2. The number of halogens is 1. The number of anilines is 2. The fourth-order valence-corrected chi connectivity index (χ4v) is 4.03. The van der Waals surface area contributed by atoms with Gasteiger partial charge in [-0.3, -0.25) is 4.79 Å². The Kier molecular flexibility index (Phi) is 3.76. The van der Waals surface area contributed by atoms with Crippen LogP contribution in [0.5, 0.6) is 0 Å². The van der Waals surface area contributed by atoms with Crippen molar-refractivity contribution in [1.29, 1.82) is 0 Å². The van der Waals surface area contributed by atoms with E-state index in [0.717, 1.165) is 41.8 Å². The molecule has 7 heteroatoms. The van der Waals surface area contributed by atoms with Crippen molar-refractivity contribution in [3.05, 3.63) is 40.3 Å². The van der Waals surface area contributed by atoms with Crippen LogP contribution in [-0.4, -0.2) is 22.2 Å². The van der Waals surface area contributed by atoms with Crippen molar-refractivity contribution in [3.8, 4) is 0 Å². The van der Waals surface area contributed by atoms with E-state index in [1.807, 2.05) is 6.92 Å². The van der Waals surface area contributed by atoms with E-state index in [1.54, 1.807) is 0 Å². The highest BCUT2D eigenvalue weighted by atomic mass is 19.1. The lowest BCUT2D eigenvalue weighted by atomic mass is 9.88. The Balaban J connectivity index is 1.77. The van der Waals surface area contributed by atoms with Crippen molar-refractivity contribution in [2.75, 3.05) is 17.6 Å². The van der Waals surface area contributed by atoms with E-state index in [-0.39, 0.29) is 17.8 Å². The molecule has 6 nitrogen and oxygen atoms in total. The number of hydrogen-bond donors (Lipinski definition) is 3. The van der Waals surface area contributed by atoms with Crippen LogP contribution in [0, 0.1) is 12.7 Å². The number of aromatic nitrogens is 2. The SMILES string of the molecule is Cc1cc(F)cc2c1NCCC2C(=O)n1nc2c(c1N)CCC[C@H]2N. The van der Waals surface area contributed by atoms with Gasteiger partial charge in [0.15, 0.2) is 0 Å². The second kappa shape index (κ2) is 5.84. The maximum atomic E-state index is 13.9. The van der Waals surface area contributed by atoms with Crippen LogP contribution in [0.2, 0.25) is 0 Å². The van der Waals surface area contributed by atoms with E-state index in [4.69, 9.17) is 11.5 Å². The maximum absolute atomic E-state index is 13.9. The van der Waals surface area contributed by atoms with Gasteiger partial charge in [-0.1, -0.05) is 0 Å². The van der Waals surface area contributed by atoms with Gasteiger partial charge in [-0.15, -0.1) is 0 Å². The molecule has 0 spiro atoms. The maximum Gasteiger partial charge on any atom is 0.256 e. The molecule has 0 saturated carbocycles. The number of fused-ring (bicyclic) bond motifs is 2. The minimum atomic E-state index is -0.467. The topological polar surface area (TPSA) is 99.0 Å². The van der Waals surface area contributed by atoms with Crippen LogP contribution in [-0.2, 0) is 6.42 Å². The molecule has 1 aliphatic carbocycles. The summed E-state index contributed by atoms with van der Waals surface area (Å²) in [5.41, 5.74) is 16.2. The Morgan fingerprint density at radius 1 is 1.40 bits per heavy atom. The summed E-state index contributed by atoms with van der Waals surface area (Å²) in [6.07, 6.45) is 3.15. The molecule has 2 heterocycles. The Hall–Kier alpha value is -2.41. The standard InChI is InChI=1S/C18H22FN5O/c1-9-7-10(19)8-13-11(5-6-22-15(9)13)18(25)24-17(21)12-3-2-4-14(20)16(12)23-24/h7-8,11,14,22H,2-6,20-21H2,1H3/t11?,14-/m1/s1. The minimum absolute atomic E-state index is 0.180. The quantitative estimate of drug-likeness (QED) is 0.739. The van der Waals surface area contributed by atoms with Crippen molar-refractivity contribution in [1.82, 2.24) is 9.78 Å². The predicted octanol–water partition coefficient (Wildman–Crippen LogP) is 2.49. The van der Waals surface area contributed by atoms with E-state index < -0.39 is 5.92 Å². The fourth-order valence-electron chi connectivity index (χ4n) is 4.03. The van der Waals surface area contributed by atoms with Gasteiger partial charge in [0.05, 0.1) is 11.6 Å². The Bertz CT molecular complexity index is 860. The molecule has 1 unspecified atom stereocenters. The van der Waals surface area contributed by atoms with Crippen molar-refractivity contribution in [3.63, 3.8) is 0 Å². The first kappa shape index (κ1) is 16.1. The number of benzene rings is 1. The number of aryl methyl sites for hydroxylation is 1. The van der Waals surface area contributed by atoms with Gasteiger partial charge in [0.1, 0.15) is 11.6 Å². The summed E-state index contributed by atoms with van der Waals surface area (Å²) in [6.45, 7) is 2.48. The highest BCUT2D eigenvalue weighted by Crippen LogP contribution is 2.37. The van der Waals surface area contributed by atoms with Gasteiger partial charge in [0, 0.05) is 23.8 Å². The molecule has 2 aliphatic rings. The van der Waals surface area contributed by atoms with E-state index in [9.17, 15) is 9.18 Å². The number of nitrogens with zero attached hydrogens (tertiary/aromatic N) is 2. The summed E-state index contributed by atoms with van der Waals surface area (Å²) < 4.78 is 15.2. The number of nitrogens with one attached hydrogen (secondary N) is 1. The van der Waals surface area contributed by atoms with Crippen LogP contribution >= 0.6 is 0 Å². The second-order valence-corrected chi connectivity index (χ2v) is 6.95. The van der Waals surface area contributed by atoms with Gasteiger partial charge < -0.3 is 16.8 Å². The molecule has 0 bridgehead atoms. The summed E-state index contributed by atoms with van der Waals surface area (Å²) >= 11 is 0. The van der Waals surface area contributed by atoms with Crippen molar-refractivity contribution >= 4 is 17.4 Å². The van der Waals surface area contributed by atoms with Crippen molar-refractivity contribution in [2.24, 2.45) is 5.73 Å². The summed E-state index contributed by atoms with van der Waals surface area (Å²) in [6, 6.07) is 2.72. The molecule has 132 valence electrons. The lowest BCUT2D eigenvalue weighted by Crippen LogP contribution is -2.29. The molecule has 2 aromatic rings. The molecule has 4 rings (SSSR count). The highest BCUT2D eigenvalue weighted by Gasteiger charge is 2.33. The third kappa shape index (κ3) is 2.50. The monoisotopic (exact) mass is 343 g/mol. The number of hydrogen-bond acceptors (Lipinski definition) is 5. The average molecular weight is 343 g/mol. The number of carbonyl (C=O) groups is 1. The van der Waals surface area contributed by atoms with Crippen LogP contribution in [0.4, 0.5) is 15.9 Å². The van der Waals surface area contributed by atoms with Gasteiger partial charge in [-0.25, -0.2) is 4.39 Å². The summed E-state index contributed by atoms with van der Waals surface area (Å²) in [7, 11) is 0. The lowest BCUT2D eigenvalue weighted by Gasteiger charge is -2.27. The Morgan fingerprint density at radius 2 is 2.20 bits per heavy atom. The van der Waals surface area contributed by atoms with Gasteiger partial charge in [-0.2, -0.15) is 9.78 Å². The Labute approximate surface area is 145 Å². The molecule has 1 aromatic heterocycles. The van der Waals surface area contributed by atoms with Crippen molar-refractivity contribution < 1.29 is 9.18 Å². The molecule has 0 saturated heterocycles. The van der Waals surface area contributed by atoms with Gasteiger partial charge in [0.2, 0.25) is 0 Å². The third-order valence-electron chi connectivity index (χ3n) is 5.30. The summed E-state index contributed by atoms with van der Waals surface area (Å²) in [5, 5.41) is 7.69. The molecular weight excluding hydrogens is 321 g/mol. The van der Waals surface area contributed by atoms with Crippen molar-refractivity contribution in [2.45, 2.75) is 44.6 Å². The van der Waals surface area contributed by atoms with Gasteiger partial charge in [-0.05, 0) is 55.9 Å². The molecule has 0 amide bonds. The number of nitrogen functional groups attached to an aromatic ring is 1. The normalized spacial score (nSPS) is 22.0. The zero-order valence-electron chi connectivity index (χ0n) is 14.2. The molecule has 1 aliphatic heterocycles. The van der Waals surface area contributed by atoms with Crippen LogP contribution < -0.4 is 16.8 Å². The lowest BCUT2D eigenvalue weighted by molar-refractivity contribution is 0.0859. The zero-order chi connectivity index (χ0) is 17.7. The molecular formula is C18H22FN5O. The zero-order valence-corrected chi connectivity index (χ0v) is 14.2. The molecule has 25 heavy (non-hydrogen) atoms. The van der Waals surface area contributed by atoms with E-state index in [0.29, 0.717) is 24.3 Å². The summed E-state index contributed by atoms with van der Waals surface area (Å²) in [4.78, 5) is 13.2. The van der Waals surface area contributed by atoms with E-state index in [1.165, 1.54) is 16.8 Å². The third-order valence-corrected chi connectivity index (χ3v) is 5.30. The van der Waals surface area contributed by atoms with Crippen LogP contribution in [0.3, 0.4) is 0 Å². The first-order valence-corrected chi connectivity index (χ1v) is 8.68. The van der Waals surface area contributed by atoms with E-state index >= 15 is 0 Å². The number of carbonyl (C=O) groups excluding carboxylic acids is 1. The highest BCUT2D eigenvalue weighted by molar-refractivity contribution is 5.90. The fraction of sp³-hybridized carbons (Fsp3) is 0.444. The first-order chi connectivity index (χ1) is 12.0. The van der Waals surface area contributed by atoms with E-state index in [2.05, 4.69) is 10.4 Å². The van der Waals surface area contributed by atoms with Crippen LogP contribution in [0.1, 0.15) is 58.4 Å². The smallest absolute Gasteiger partial charge is 0.256 e.